The zero-order chi connectivity index (χ0) is 13.3. The molecule has 0 aromatic carbocycles. The minimum atomic E-state index is -1.71. The van der Waals surface area contributed by atoms with Crippen LogP contribution in [0.15, 0.2) is 24.3 Å². The van der Waals surface area contributed by atoms with Crippen molar-refractivity contribution >= 4 is 46.8 Å². The van der Waals surface area contributed by atoms with Gasteiger partial charge >= 0.3 is 0 Å². The van der Waals surface area contributed by atoms with E-state index in [2.05, 4.69) is 96.7 Å². The molecule has 0 saturated heterocycles. The Morgan fingerprint density at radius 1 is 1.35 bits per heavy atom. The molecule has 0 radical (unpaired) electrons. The number of rotatable bonds is 3. The average molecular weight is 429 g/mol. The number of allylic oxidation sites excluding steroid dienone is 2. The third-order valence-corrected chi connectivity index (χ3v) is 11.5. The summed E-state index contributed by atoms with van der Waals surface area (Å²) in [4.78, 5) is 0. The molecular formula is C13H22BrIOSi. The first-order valence-electron chi connectivity index (χ1n) is 5.91. The minimum Gasteiger partial charge on any atom is -0.409 e. The largest absolute Gasteiger partial charge is 0.409 e. The second-order valence-corrected chi connectivity index (χ2v) is 13.4. The Labute approximate surface area is 128 Å². The highest BCUT2D eigenvalue weighted by Crippen LogP contribution is 2.41. The highest BCUT2D eigenvalue weighted by Gasteiger charge is 2.43. The van der Waals surface area contributed by atoms with Gasteiger partial charge < -0.3 is 4.43 Å². The standard InChI is InChI=1S/C13H22BrIOSi/c1-12(2,3)17(4,5)16-11-8-6-7-9-13(11,15)10-14/h6-9,11H,10H2,1-5H3. The molecule has 0 heterocycles. The molecule has 0 aliphatic heterocycles. The molecule has 1 nitrogen and oxygen atoms in total. The van der Waals surface area contributed by atoms with Crippen LogP contribution in [0.2, 0.25) is 18.1 Å². The molecule has 2 unspecified atom stereocenters. The summed E-state index contributed by atoms with van der Waals surface area (Å²) in [5.74, 6) is 0. The zero-order valence-electron chi connectivity index (χ0n) is 11.3. The molecule has 0 spiro atoms. The highest BCUT2D eigenvalue weighted by atomic mass is 127. The Balaban J connectivity index is 2.88. The quantitative estimate of drug-likeness (QED) is 0.346. The lowest BCUT2D eigenvalue weighted by atomic mass is 10.0. The molecule has 0 fully saturated rings. The van der Waals surface area contributed by atoms with Gasteiger partial charge in [-0.3, -0.25) is 0 Å². The molecule has 1 aliphatic rings. The van der Waals surface area contributed by atoms with E-state index >= 15 is 0 Å². The molecule has 17 heavy (non-hydrogen) atoms. The molecule has 4 heteroatoms. The predicted octanol–water partition coefficient (Wildman–Crippen LogP) is 5.07. The fraction of sp³-hybridized carbons (Fsp3) is 0.692. The van der Waals surface area contributed by atoms with Crippen LogP contribution in [0.1, 0.15) is 20.8 Å². The fourth-order valence-corrected chi connectivity index (χ4v) is 3.95. The lowest BCUT2D eigenvalue weighted by molar-refractivity contribution is 0.210. The normalized spacial score (nSPS) is 29.7. The van der Waals surface area contributed by atoms with E-state index < -0.39 is 8.32 Å². The first-order valence-corrected chi connectivity index (χ1v) is 11.0. The van der Waals surface area contributed by atoms with E-state index in [9.17, 15) is 0 Å². The van der Waals surface area contributed by atoms with E-state index in [0.717, 1.165) is 5.33 Å². The van der Waals surface area contributed by atoms with Crippen molar-refractivity contribution in [2.45, 2.75) is 48.4 Å². The Morgan fingerprint density at radius 3 is 2.41 bits per heavy atom. The van der Waals surface area contributed by atoms with Gasteiger partial charge in [-0.25, -0.2) is 0 Å². The van der Waals surface area contributed by atoms with Gasteiger partial charge in [0.15, 0.2) is 8.32 Å². The molecule has 1 rings (SSSR count). The van der Waals surface area contributed by atoms with E-state index in [4.69, 9.17) is 4.43 Å². The first kappa shape index (κ1) is 15.9. The van der Waals surface area contributed by atoms with E-state index in [0.29, 0.717) is 0 Å². The minimum absolute atomic E-state index is 0.0437. The molecule has 0 N–H and O–H groups in total. The number of halogens is 2. The summed E-state index contributed by atoms with van der Waals surface area (Å²) < 4.78 is 6.56. The Bertz CT molecular complexity index is 333. The van der Waals surface area contributed by atoms with Crippen LogP contribution in [0, 0.1) is 0 Å². The van der Waals surface area contributed by atoms with Crippen LogP contribution in [-0.4, -0.2) is 23.2 Å². The fourth-order valence-electron chi connectivity index (χ4n) is 1.39. The Kier molecular flexibility index (Phi) is 5.12. The van der Waals surface area contributed by atoms with Gasteiger partial charge in [0.25, 0.3) is 0 Å². The average Bonchev–Trinajstić information content (AvgIpc) is 2.20. The third-order valence-electron chi connectivity index (χ3n) is 3.68. The van der Waals surface area contributed by atoms with Crippen molar-refractivity contribution in [2.75, 3.05) is 5.33 Å². The summed E-state index contributed by atoms with van der Waals surface area (Å²) in [7, 11) is -1.71. The summed E-state index contributed by atoms with van der Waals surface area (Å²) in [6.45, 7) is 11.5. The van der Waals surface area contributed by atoms with Gasteiger partial charge in [0.05, 0.1) is 9.53 Å². The maximum atomic E-state index is 6.51. The zero-order valence-corrected chi connectivity index (χ0v) is 16.0. The number of hydrogen-bond donors (Lipinski definition) is 0. The van der Waals surface area contributed by atoms with Gasteiger partial charge in [0.1, 0.15) is 0 Å². The van der Waals surface area contributed by atoms with Gasteiger partial charge in [0.2, 0.25) is 0 Å². The smallest absolute Gasteiger partial charge is 0.192 e. The molecule has 0 aromatic heterocycles. The van der Waals surface area contributed by atoms with Crippen molar-refractivity contribution in [2.24, 2.45) is 0 Å². The van der Waals surface area contributed by atoms with Gasteiger partial charge in [-0.05, 0) is 18.1 Å². The summed E-state index contributed by atoms with van der Waals surface area (Å²) in [5, 5.41) is 1.17. The van der Waals surface area contributed by atoms with Crippen LogP contribution in [0.25, 0.3) is 0 Å². The maximum Gasteiger partial charge on any atom is 0.192 e. The van der Waals surface area contributed by atoms with Crippen molar-refractivity contribution in [3.63, 3.8) is 0 Å². The van der Waals surface area contributed by atoms with Crippen molar-refractivity contribution in [1.82, 2.24) is 0 Å². The predicted molar refractivity (Wildman–Crippen MR) is 90.9 cm³/mol. The van der Waals surface area contributed by atoms with Crippen LogP contribution in [0.5, 0.6) is 0 Å². The summed E-state index contributed by atoms with van der Waals surface area (Å²) in [6.07, 6.45) is 8.80. The third kappa shape index (κ3) is 3.67. The molecule has 98 valence electrons. The molecule has 0 aromatic rings. The monoisotopic (exact) mass is 428 g/mol. The van der Waals surface area contributed by atoms with Crippen molar-refractivity contribution < 1.29 is 4.43 Å². The number of hydrogen-bond acceptors (Lipinski definition) is 1. The lowest BCUT2D eigenvalue weighted by Gasteiger charge is -2.43. The Morgan fingerprint density at radius 2 is 1.94 bits per heavy atom. The maximum absolute atomic E-state index is 6.51. The topological polar surface area (TPSA) is 9.23 Å². The van der Waals surface area contributed by atoms with Gasteiger partial charge in [-0.2, -0.15) is 0 Å². The SMILES string of the molecule is CC(C)(C)[Si](C)(C)OC1C=CC=CC1(I)CBr. The van der Waals surface area contributed by atoms with E-state index in [1.54, 1.807) is 0 Å². The molecule has 1 aliphatic carbocycles. The second kappa shape index (κ2) is 5.47. The molecule has 2 atom stereocenters. The number of alkyl halides is 2. The van der Waals surface area contributed by atoms with E-state index in [-0.39, 0.29) is 14.6 Å². The van der Waals surface area contributed by atoms with Crippen LogP contribution in [0.3, 0.4) is 0 Å². The van der Waals surface area contributed by atoms with Crippen molar-refractivity contribution in [1.29, 1.82) is 0 Å². The molecule has 0 saturated carbocycles. The van der Waals surface area contributed by atoms with Crippen LogP contribution in [0.4, 0.5) is 0 Å². The summed E-state index contributed by atoms with van der Waals surface area (Å²) in [6, 6.07) is 0. The summed E-state index contributed by atoms with van der Waals surface area (Å²) in [5.41, 5.74) is 0. The summed E-state index contributed by atoms with van der Waals surface area (Å²) >= 11 is 6.10. The second-order valence-electron chi connectivity index (χ2n) is 6.10. The van der Waals surface area contributed by atoms with Crippen LogP contribution < -0.4 is 0 Å². The van der Waals surface area contributed by atoms with Crippen molar-refractivity contribution in [3.05, 3.63) is 24.3 Å². The molecule has 0 bridgehead atoms. The van der Waals surface area contributed by atoms with Gasteiger partial charge in [-0.1, -0.05) is 83.6 Å². The highest BCUT2D eigenvalue weighted by molar-refractivity contribution is 14.1. The van der Waals surface area contributed by atoms with Gasteiger partial charge in [-0.15, -0.1) is 0 Å². The molecule has 0 amide bonds. The molecular weight excluding hydrogens is 407 g/mol. The first-order chi connectivity index (χ1) is 7.62. The van der Waals surface area contributed by atoms with E-state index in [1.807, 2.05) is 0 Å². The van der Waals surface area contributed by atoms with Crippen molar-refractivity contribution in [3.8, 4) is 0 Å². The van der Waals surface area contributed by atoms with Crippen LogP contribution in [-0.2, 0) is 4.43 Å². The lowest BCUT2D eigenvalue weighted by Crippen LogP contribution is -2.49. The van der Waals surface area contributed by atoms with Gasteiger partial charge in [0, 0.05) is 5.33 Å². The Hall–Kier alpha value is 0.867. The van der Waals surface area contributed by atoms with E-state index in [1.165, 1.54) is 0 Å². The van der Waals surface area contributed by atoms with Crippen LogP contribution >= 0.6 is 38.5 Å².